The lowest BCUT2D eigenvalue weighted by molar-refractivity contribution is 0.0693. The molecule has 1 aliphatic carbocycles. The number of aromatic carboxylic acids is 1. The average Bonchev–Trinajstić information content (AvgIpc) is 2.98. The van der Waals surface area contributed by atoms with Crippen LogP contribution in [0, 0.1) is 0 Å². The third kappa shape index (κ3) is 1.56. The molecule has 1 atom stereocenters. The van der Waals surface area contributed by atoms with E-state index in [0.29, 0.717) is 17.8 Å². The number of carboxylic acid groups (broad SMARTS) is 1. The third-order valence-corrected chi connectivity index (χ3v) is 5.18. The maximum absolute atomic E-state index is 13.1. The van der Waals surface area contributed by atoms with Gasteiger partial charge in [-0.3, -0.25) is 9.36 Å². The van der Waals surface area contributed by atoms with Crippen LogP contribution in [0.25, 0.3) is 22.4 Å². The van der Waals surface area contributed by atoms with Gasteiger partial charge in [0.2, 0.25) is 5.91 Å². The van der Waals surface area contributed by atoms with Gasteiger partial charge in [0.15, 0.2) is 0 Å². The Kier molecular flexibility index (Phi) is 2.55. The van der Waals surface area contributed by atoms with Gasteiger partial charge in [0, 0.05) is 5.56 Å². The summed E-state index contributed by atoms with van der Waals surface area (Å²) in [4.78, 5) is 29.3. The van der Waals surface area contributed by atoms with Crippen LogP contribution in [0.3, 0.4) is 0 Å². The highest BCUT2D eigenvalue weighted by Crippen LogP contribution is 2.45. The Bertz CT molecular complexity index is 1050. The Morgan fingerprint density at radius 2 is 2.04 bits per heavy atom. The van der Waals surface area contributed by atoms with Gasteiger partial charge in [-0.15, -0.1) is 0 Å². The fourth-order valence-electron chi connectivity index (χ4n) is 4.19. The standard InChI is InChI=1S/C19H14N2O3/c22-18-13-5-3-4-10-11(19(23)24)8-9-12(16(10)13)17-20-14-6-1-2-7-15(14)21(17)18/h1-2,6-9,13H,3-5H2,(H,23,24). The van der Waals surface area contributed by atoms with Crippen molar-refractivity contribution in [2.75, 3.05) is 0 Å². The van der Waals surface area contributed by atoms with Crippen LogP contribution in [0.5, 0.6) is 0 Å². The first-order valence-electron chi connectivity index (χ1n) is 8.08. The fourth-order valence-corrected chi connectivity index (χ4v) is 4.19. The van der Waals surface area contributed by atoms with Crippen molar-refractivity contribution in [2.45, 2.75) is 25.2 Å². The van der Waals surface area contributed by atoms with Crippen LogP contribution in [0.15, 0.2) is 36.4 Å². The second kappa shape index (κ2) is 4.54. The van der Waals surface area contributed by atoms with E-state index in [2.05, 4.69) is 4.98 Å². The minimum Gasteiger partial charge on any atom is -0.478 e. The highest BCUT2D eigenvalue weighted by Gasteiger charge is 2.39. The van der Waals surface area contributed by atoms with Crippen molar-refractivity contribution >= 4 is 22.9 Å². The van der Waals surface area contributed by atoms with Gasteiger partial charge in [0.1, 0.15) is 5.82 Å². The highest BCUT2D eigenvalue weighted by molar-refractivity contribution is 6.03. The fraction of sp³-hybridized carbons (Fsp3) is 0.211. The second-order valence-electron chi connectivity index (χ2n) is 6.40. The number of rotatable bonds is 1. The number of hydrogen-bond donors (Lipinski definition) is 1. The Balaban J connectivity index is 1.90. The molecule has 1 aliphatic heterocycles. The van der Waals surface area contributed by atoms with Crippen molar-refractivity contribution in [2.24, 2.45) is 0 Å². The lowest BCUT2D eigenvalue weighted by Gasteiger charge is -2.32. The summed E-state index contributed by atoms with van der Waals surface area (Å²) >= 11 is 0. The zero-order chi connectivity index (χ0) is 16.4. The number of carbonyl (C=O) groups is 2. The molecular formula is C19H14N2O3. The van der Waals surface area contributed by atoms with E-state index in [1.54, 1.807) is 10.6 Å². The van der Waals surface area contributed by atoms with E-state index in [4.69, 9.17) is 0 Å². The summed E-state index contributed by atoms with van der Waals surface area (Å²) < 4.78 is 1.71. The molecule has 2 aliphatic rings. The van der Waals surface area contributed by atoms with Crippen molar-refractivity contribution in [1.29, 1.82) is 0 Å². The first-order valence-corrected chi connectivity index (χ1v) is 8.08. The van der Waals surface area contributed by atoms with Gasteiger partial charge < -0.3 is 5.11 Å². The number of fused-ring (bicyclic) bond motifs is 4. The van der Waals surface area contributed by atoms with Crippen molar-refractivity contribution < 1.29 is 14.7 Å². The molecule has 0 bridgehead atoms. The Hall–Kier alpha value is -2.95. The molecule has 0 fully saturated rings. The minimum absolute atomic E-state index is 0.00897. The molecule has 0 amide bonds. The lowest BCUT2D eigenvalue weighted by Crippen LogP contribution is -2.30. The summed E-state index contributed by atoms with van der Waals surface area (Å²) in [5, 5.41) is 9.48. The van der Waals surface area contributed by atoms with E-state index in [0.717, 1.165) is 40.6 Å². The summed E-state index contributed by atoms with van der Waals surface area (Å²) in [6, 6.07) is 11.1. The summed E-state index contributed by atoms with van der Waals surface area (Å²) in [5.74, 6) is -0.560. The SMILES string of the molecule is O=C(O)c1ccc2c3c1CCCC3C(=O)n1c-2nc2ccccc21. The van der Waals surface area contributed by atoms with Gasteiger partial charge in [-0.05, 0) is 48.6 Å². The Labute approximate surface area is 137 Å². The molecule has 5 nitrogen and oxygen atoms in total. The molecule has 1 aromatic heterocycles. The van der Waals surface area contributed by atoms with Gasteiger partial charge in [0.05, 0.1) is 22.5 Å². The van der Waals surface area contributed by atoms with Gasteiger partial charge in [-0.1, -0.05) is 18.2 Å². The lowest BCUT2D eigenvalue weighted by atomic mass is 9.76. The van der Waals surface area contributed by atoms with Crippen LogP contribution in [-0.4, -0.2) is 26.5 Å². The Morgan fingerprint density at radius 1 is 1.21 bits per heavy atom. The molecule has 5 rings (SSSR count). The number of nitrogens with zero attached hydrogens (tertiary/aromatic N) is 2. The maximum Gasteiger partial charge on any atom is 0.335 e. The van der Waals surface area contributed by atoms with E-state index < -0.39 is 5.97 Å². The number of carbonyl (C=O) groups excluding carboxylic acids is 1. The first kappa shape index (κ1) is 13.5. The quantitative estimate of drug-likeness (QED) is 0.745. The molecule has 0 spiro atoms. The van der Waals surface area contributed by atoms with Crippen LogP contribution < -0.4 is 0 Å². The molecule has 3 aromatic rings. The summed E-state index contributed by atoms with van der Waals surface area (Å²) in [6.07, 6.45) is 2.29. The van der Waals surface area contributed by atoms with Crippen LogP contribution in [0.2, 0.25) is 0 Å². The zero-order valence-electron chi connectivity index (χ0n) is 12.8. The molecule has 118 valence electrons. The molecule has 2 heterocycles. The van der Waals surface area contributed by atoms with Crippen LogP contribution in [-0.2, 0) is 6.42 Å². The predicted octanol–water partition coefficient (Wildman–Crippen LogP) is 3.48. The molecule has 0 saturated heterocycles. The van der Waals surface area contributed by atoms with E-state index >= 15 is 0 Å². The number of benzene rings is 2. The molecular weight excluding hydrogens is 304 g/mol. The third-order valence-electron chi connectivity index (χ3n) is 5.18. The van der Waals surface area contributed by atoms with Gasteiger partial charge in [-0.2, -0.15) is 0 Å². The predicted molar refractivity (Wildman–Crippen MR) is 88.4 cm³/mol. The van der Waals surface area contributed by atoms with Crippen molar-refractivity contribution in [3.05, 3.63) is 53.1 Å². The second-order valence-corrected chi connectivity index (χ2v) is 6.40. The molecule has 0 radical (unpaired) electrons. The number of aromatic nitrogens is 2. The van der Waals surface area contributed by atoms with Crippen LogP contribution in [0.4, 0.5) is 0 Å². The minimum atomic E-state index is -0.931. The molecule has 2 aromatic carbocycles. The summed E-state index contributed by atoms with van der Waals surface area (Å²) in [5.41, 5.74) is 4.51. The molecule has 1 unspecified atom stereocenters. The largest absolute Gasteiger partial charge is 0.478 e. The number of hydrogen-bond acceptors (Lipinski definition) is 3. The summed E-state index contributed by atoms with van der Waals surface area (Å²) in [7, 11) is 0. The van der Waals surface area contributed by atoms with E-state index in [9.17, 15) is 14.7 Å². The number of imidazole rings is 1. The van der Waals surface area contributed by atoms with Crippen LogP contribution in [0.1, 0.15) is 45.0 Å². The summed E-state index contributed by atoms with van der Waals surface area (Å²) in [6.45, 7) is 0. The topological polar surface area (TPSA) is 72.2 Å². The van der Waals surface area contributed by atoms with Gasteiger partial charge >= 0.3 is 5.97 Å². The van der Waals surface area contributed by atoms with Gasteiger partial charge in [0.25, 0.3) is 0 Å². The van der Waals surface area contributed by atoms with E-state index in [1.165, 1.54) is 0 Å². The molecule has 1 N–H and O–H groups in total. The van der Waals surface area contributed by atoms with Crippen LogP contribution >= 0.6 is 0 Å². The van der Waals surface area contributed by atoms with E-state index in [-0.39, 0.29) is 11.8 Å². The van der Waals surface area contributed by atoms with E-state index in [1.807, 2.05) is 30.3 Å². The van der Waals surface area contributed by atoms with Gasteiger partial charge in [-0.25, -0.2) is 9.78 Å². The first-order chi connectivity index (χ1) is 11.7. The number of carboxylic acids is 1. The smallest absolute Gasteiger partial charge is 0.335 e. The normalized spacial score (nSPS) is 18.3. The Morgan fingerprint density at radius 3 is 2.88 bits per heavy atom. The number of para-hydroxylation sites is 2. The molecule has 24 heavy (non-hydrogen) atoms. The average molecular weight is 318 g/mol. The van der Waals surface area contributed by atoms with Crippen molar-refractivity contribution in [1.82, 2.24) is 9.55 Å². The molecule has 5 heteroatoms. The highest BCUT2D eigenvalue weighted by atomic mass is 16.4. The van der Waals surface area contributed by atoms with Crippen molar-refractivity contribution in [3.63, 3.8) is 0 Å². The molecule has 0 saturated carbocycles. The monoisotopic (exact) mass is 318 g/mol. The zero-order valence-corrected chi connectivity index (χ0v) is 12.8. The maximum atomic E-state index is 13.1. The van der Waals surface area contributed by atoms with Crippen molar-refractivity contribution in [3.8, 4) is 11.4 Å².